The van der Waals surface area contributed by atoms with E-state index in [-0.39, 0.29) is 28.9 Å². The summed E-state index contributed by atoms with van der Waals surface area (Å²) in [6.07, 6.45) is 4.03. The molecule has 2 N–H and O–H groups in total. The molecule has 0 saturated heterocycles. The van der Waals surface area contributed by atoms with Gasteiger partial charge in [0.25, 0.3) is 0 Å². The van der Waals surface area contributed by atoms with Gasteiger partial charge in [-0.15, -0.1) is 12.4 Å². The van der Waals surface area contributed by atoms with Crippen LogP contribution in [-0.4, -0.2) is 32.5 Å². The number of aromatic nitrogens is 1. The van der Waals surface area contributed by atoms with Crippen molar-refractivity contribution in [2.45, 2.75) is 24.3 Å². The van der Waals surface area contributed by atoms with Gasteiger partial charge < -0.3 is 5.32 Å². The van der Waals surface area contributed by atoms with Crippen molar-refractivity contribution in [1.82, 2.24) is 15.0 Å². The highest BCUT2D eigenvalue weighted by Gasteiger charge is 2.22. The summed E-state index contributed by atoms with van der Waals surface area (Å²) in [6.45, 7) is 3.04. The predicted molar refractivity (Wildman–Crippen MR) is 117 cm³/mol. The summed E-state index contributed by atoms with van der Waals surface area (Å²) in [6, 6.07) is 16.6. The van der Waals surface area contributed by atoms with Crippen LogP contribution in [0.25, 0.3) is 10.8 Å². The zero-order chi connectivity index (χ0) is 20.0. The number of hydrogen-bond donors (Lipinski definition) is 2. The summed E-state index contributed by atoms with van der Waals surface area (Å²) in [7, 11) is -3.82. The van der Waals surface area contributed by atoms with Gasteiger partial charge in [-0.2, -0.15) is 5.26 Å². The van der Waals surface area contributed by atoms with Crippen molar-refractivity contribution in [3.63, 3.8) is 0 Å². The molecule has 1 aromatic heterocycles. The van der Waals surface area contributed by atoms with E-state index in [1.54, 1.807) is 31.5 Å². The third kappa shape index (κ3) is 5.75. The molecule has 0 bridgehead atoms. The molecule has 0 aliphatic heterocycles. The summed E-state index contributed by atoms with van der Waals surface area (Å²) < 4.78 is 28.3. The maximum Gasteiger partial charge on any atom is 0.242 e. The van der Waals surface area contributed by atoms with Crippen molar-refractivity contribution < 1.29 is 8.42 Å². The van der Waals surface area contributed by atoms with Gasteiger partial charge in [-0.3, -0.25) is 4.98 Å². The second-order valence-corrected chi connectivity index (χ2v) is 8.29. The number of hydrogen-bond acceptors (Lipinski definition) is 5. The summed E-state index contributed by atoms with van der Waals surface area (Å²) >= 11 is 0. The van der Waals surface area contributed by atoms with Gasteiger partial charge in [0.15, 0.2) is 0 Å². The Morgan fingerprint density at radius 2 is 1.90 bits per heavy atom. The molecule has 152 valence electrons. The number of fused-ring (bicyclic) bond motifs is 1. The van der Waals surface area contributed by atoms with Crippen LogP contribution in [0.4, 0.5) is 0 Å². The molecule has 0 saturated carbocycles. The number of pyridine rings is 1. The van der Waals surface area contributed by atoms with Crippen molar-refractivity contribution >= 4 is 33.2 Å². The molecule has 8 heteroatoms. The minimum absolute atomic E-state index is 0. The van der Waals surface area contributed by atoms with Gasteiger partial charge in [-0.1, -0.05) is 36.4 Å². The molecule has 0 aliphatic rings. The van der Waals surface area contributed by atoms with E-state index in [1.807, 2.05) is 24.3 Å². The van der Waals surface area contributed by atoms with E-state index in [2.05, 4.69) is 27.2 Å². The Balaban J connectivity index is 0.00000300. The Morgan fingerprint density at radius 3 is 2.62 bits per heavy atom. The van der Waals surface area contributed by atoms with Crippen LogP contribution in [0.2, 0.25) is 0 Å². The number of rotatable bonds is 8. The van der Waals surface area contributed by atoms with E-state index >= 15 is 0 Å². The molecular weight excluding hydrogens is 408 g/mol. The fraction of sp³-hybridized carbons (Fsp3) is 0.238. The smallest absolute Gasteiger partial charge is 0.242 e. The number of nitrogens with zero attached hydrogens (tertiary/aromatic N) is 2. The van der Waals surface area contributed by atoms with E-state index < -0.39 is 10.0 Å². The molecule has 1 heterocycles. The van der Waals surface area contributed by atoms with Gasteiger partial charge in [0.2, 0.25) is 10.0 Å². The highest BCUT2D eigenvalue weighted by molar-refractivity contribution is 7.89. The Morgan fingerprint density at radius 1 is 1.14 bits per heavy atom. The zero-order valence-corrected chi connectivity index (χ0v) is 17.6. The maximum absolute atomic E-state index is 12.8. The van der Waals surface area contributed by atoms with Crippen LogP contribution in [0, 0.1) is 11.3 Å². The first-order chi connectivity index (χ1) is 13.5. The van der Waals surface area contributed by atoms with Crippen molar-refractivity contribution in [2.75, 3.05) is 13.1 Å². The fourth-order valence-electron chi connectivity index (χ4n) is 3.05. The summed E-state index contributed by atoms with van der Waals surface area (Å²) in [5, 5.41) is 14.1. The van der Waals surface area contributed by atoms with Crippen LogP contribution in [0.15, 0.2) is 65.8 Å². The van der Waals surface area contributed by atoms with Crippen LogP contribution in [-0.2, 0) is 16.4 Å². The topological polar surface area (TPSA) is 94.9 Å². The van der Waals surface area contributed by atoms with Gasteiger partial charge in [-0.05, 0) is 37.6 Å². The number of nitriles is 1. The van der Waals surface area contributed by atoms with Crippen molar-refractivity contribution in [3.05, 3.63) is 72.1 Å². The number of halogens is 1. The van der Waals surface area contributed by atoms with Crippen LogP contribution >= 0.6 is 12.4 Å². The summed E-state index contributed by atoms with van der Waals surface area (Å²) in [5.41, 5.74) is 1.36. The lowest BCUT2D eigenvalue weighted by molar-refractivity contribution is 0.537. The van der Waals surface area contributed by atoms with Crippen LogP contribution in [0.1, 0.15) is 18.1 Å². The molecule has 2 aromatic carbocycles. The first-order valence-electron chi connectivity index (χ1n) is 9.05. The molecule has 0 aliphatic carbocycles. The molecule has 1 atom stereocenters. The van der Waals surface area contributed by atoms with Crippen molar-refractivity contribution in [1.29, 1.82) is 5.26 Å². The monoisotopic (exact) mass is 430 g/mol. The Labute approximate surface area is 177 Å². The largest absolute Gasteiger partial charge is 0.315 e. The molecule has 3 rings (SSSR count). The lowest BCUT2D eigenvalue weighted by Crippen LogP contribution is -2.40. The van der Waals surface area contributed by atoms with Gasteiger partial charge in [0.1, 0.15) is 11.0 Å². The standard InChI is InChI=1S/C21H22N4O2S.ClH/c1-16(14-23-11-9-17-5-3-2-4-6-17)25-28(26,27)21-8-7-18-15-24-12-10-19(18)20(21)13-22;/h2-8,10,12,15-16,23,25H,9,11,14H2,1H3;1H/t16-;/m1./s1. The third-order valence-electron chi connectivity index (χ3n) is 4.42. The van der Waals surface area contributed by atoms with Gasteiger partial charge in [0.05, 0.1) is 5.56 Å². The highest BCUT2D eigenvalue weighted by Crippen LogP contribution is 2.24. The average molecular weight is 431 g/mol. The molecule has 0 amide bonds. The lowest BCUT2D eigenvalue weighted by Gasteiger charge is -2.16. The van der Waals surface area contributed by atoms with Gasteiger partial charge >= 0.3 is 0 Å². The fourth-order valence-corrected chi connectivity index (χ4v) is 4.47. The first-order valence-corrected chi connectivity index (χ1v) is 10.5. The second-order valence-electron chi connectivity index (χ2n) is 6.61. The Bertz CT molecular complexity index is 1100. The SMILES string of the molecule is C[C@H](CNCCc1ccccc1)NS(=O)(=O)c1ccc2cnccc2c1C#N.Cl. The number of nitrogens with one attached hydrogen (secondary N) is 2. The summed E-state index contributed by atoms with van der Waals surface area (Å²) in [4.78, 5) is 4.00. The van der Waals surface area contributed by atoms with Crippen LogP contribution in [0.5, 0.6) is 0 Å². The average Bonchev–Trinajstić information content (AvgIpc) is 2.70. The maximum atomic E-state index is 12.8. The molecule has 29 heavy (non-hydrogen) atoms. The molecule has 6 nitrogen and oxygen atoms in total. The second kappa shape index (κ2) is 10.3. The molecule has 0 unspecified atom stereocenters. The van der Waals surface area contributed by atoms with Crippen LogP contribution < -0.4 is 10.0 Å². The van der Waals surface area contributed by atoms with Gasteiger partial charge in [-0.25, -0.2) is 13.1 Å². The third-order valence-corrected chi connectivity index (χ3v) is 6.06. The first kappa shape index (κ1) is 22.8. The minimum atomic E-state index is -3.82. The molecule has 0 spiro atoms. The lowest BCUT2D eigenvalue weighted by atomic mass is 10.1. The van der Waals surface area contributed by atoms with Gasteiger partial charge in [0, 0.05) is 35.8 Å². The van der Waals surface area contributed by atoms with Crippen LogP contribution in [0.3, 0.4) is 0 Å². The molecular formula is C21H23ClN4O2S. The predicted octanol–water partition coefficient (Wildman–Crippen LogP) is 3.03. The molecule has 0 fully saturated rings. The van der Waals surface area contributed by atoms with E-state index in [1.165, 1.54) is 11.6 Å². The zero-order valence-electron chi connectivity index (χ0n) is 16.0. The minimum Gasteiger partial charge on any atom is -0.315 e. The van der Waals surface area contributed by atoms with E-state index in [0.717, 1.165) is 18.4 Å². The Kier molecular flexibility index (Phi) is 8.11. The van der Waals surface area contributed by atoms with Crippen molar-refractivity contribution in [2.24, 2.45) is 0 Å². The molecule has 0 radical (unpaired) electrons. The normalized spacial score (nSPS) is 12.1. The van der Waals surface area contributed by atoms with Crippen molar-refractivity contribution in [3.8, 4) is 6.07 Å². The summed E-state index contributed by atoms with van der Waals surface area (Å²) in [5.74, 6) is 0. The van der Waals surface area contributed by atoms with E-state index in [0.29, 0.717) is 11.9 Å². The van der Waals surface area contributed by atoms with E-state index in [9.17, 15) is 13.7 Å². The van der Waals surface area contributed by atoms with E-state index in [4.69, 9.17) is 0 Å². The molecule has 3 aromatic rings. The quantitative estimate of drug-likeness (QED) is 0.535. The number of benzene rings is 2. The number of sulfonamides is 1. The Hall–Kier alpha value is -2.50. The highest BCUT2D eigenvalue weighted by atomic mass is 35.5.